The van der Waals surface area contributed by atoms with E-state index in [9.17, 15) is 9.59 Å². The number of benzene rings is 1. The van der Waals surface area contributed by atoms with Gasteiger partial charge in [-0.25, -0.2) is 0 Å². The Bertz CT molecular complexity index is 731. The van der Waals surface area contributed by atoms with Gasteiger partial charge in [0.15, 0.2) is 6.29 Å². The van der Waals surface area contributed by atoms with Crippen LogP contribution in [0.3, 0.4) is 0 Å². The third kappa shape index (κ3) is 5.99. The molecule has 140 valence electrons. The summed E-state index contributed by atoms with van der Waals surface area (Å²) in [5.41, 5.74) is 3.81. The van der Waals surface area contributed by atoms with E-state index in [1.807, 2.05) is 32.0 Å². The minimum absolute atomic E-state index is 0.202. The van der Waals surface area contributed by atoms with Gasteiger partial charge in [0.25, 0.3) is 5.91 Å². The Morgan fingerprint density at radius 3 is 2.38 bits per heavy atom. The van der Waals surface area contributed by atoms with E-state index in [0.717, 1.165) is 17.8 Å². The predicted octanol–water partition coefficient (Wildman–Crippen LogP) is 3.79. The van der Waals surface area contributed by atoms with Crippen LogP contribution in [0.25, 0.3) is 0 Å². The fraction of sp³-hybridized carbons (Fsp3) is 0.381. The van der Waals surface area contributed by atoms with E-state index in [0.29, 0.717) is 24.0 Å². The van der Waals surface area contributed by atoms with Gasteiger partial charge in [0.05, 0.1) is 17.8 Å². The molecule has 0 saturated heterocycles. The molecule has 5 heteroatoms. The number of amides is 1. The molecular weight excluding hydrogens is 326 g/mol. The summed E-state index contributed by atoms with van der Waals surface area (Å²) in [6.45, 7) is 6.48. The Labute approximate surface area is 156 Å². The van der Waals surface area contributed by atoms with Gasteiger partial charge < -0.3 is 9.80 Å². The molecule has 0 bridgehead atoms. The number of aliphatic imine (C=N–C) groups is 1. The minimum Gasteiger partial charge on any atom is -0.380 e. The second-order valence-corrected chi connectivity index (χ2v) is 6.44. The van der Waals surface area contributed by atoms with Crippen molar-refractivity contribution in [1.29, 1.82) is 0 Å². The standard InChI is InChI=1S/C21H29N3O2/c1-7-16(2)12-13-22-20(17(3)23(4)5)14-24(6)21(26)19-11-9-8-10-18(19)15-25/h8-13,15H,7,14H2,1-6H3/b16-12+,20-17+,22-13+. The summed E-state index contributed by atoms with van der Waals surface area (Å²) in [7, 11) is 5.61. The van der Waals surface area contributed by atoms with Crippen molar-refractivity contribution in [3.8, 4) is 0 Å². The van der Waals surface area contributed by atoms with Gasteiger partial charge in [-0.05, 0) is 32.4 Å². The molecule has 0 aliphatic carbocycles. The quantitative estimate of drug-likeness (QED) is 0.526. The molecule has 0 heterocycles. The van der Waals surface area contributed by atoms with Crippen LogP contribution in [0.15, 0.2) is 52.3 Å². The van der Waals surface area contributed by atoms with Crippen molar-refractivity contribution in [2.45, 2.75) is 27.2 Å². The molecule has 0 atom stereocenters. The molecule has 0 spiro atoms. The van der Waals surface area contributed by atoms with E-state index in [4.69, 9.17) is 0 Å². The summed E-state index contributed by atoms with van der Waals surface area (Å²) >= 11 is 0. The summed E-state index contributed by atoms with van der Waals surface area (Å²) in [4.78, 5) is 32.1. The van der Waals surface area contributed by atoms with Crippen molar-refractivity contribution < 1.29 is 9.59 Å². The zero-order valence-electron chi connectivity index (χ0n) is 16.6. The molecule has 0 fully saturated rings. The summed E-state index contributed by atoms with van der Waals surface area (Å²) < 4.78 is 0. The van der Waals surface area contributed by atoms with Gasteiger partial charge in [-0.1, -0.05) is 30.7 Å². The number of nitrogens with zero attached hydrogens (tertiary/aromatic N) is 3. The largest absolute Gasteiger partial charge is 0.380 e. The smallest absolute Gasteiger partial charge is 0.254 e. The zero-order chi connectivity index (χ0) is 19.7. The highest BCUT2D eigenvalue weighted by molar-refractivity contribution is 6.01. The first-order chi connectivity index (χ1) is 12.3. The Morgan fingerprint density at radius 2 is 1.81 bits per heavy atom. The van der Waals surface area contributed by atoms with Crippen LogP contribution in [0, 0.1) is 0 Å². The summed E-state index contributed by atoms with van der Waals surface area (Å²) in [5.74, 6) is -0.202. The second kappa shape index (κ2) is 10.3. The molecule has 0 aliphatic heterocycles. The molecule has 0 radical (unpaired) electrons. The lowest BCUT2D eigenvalue weighted by Gasteiger charge is -2.22. The average molecular weight is 355 g/mol. The van der Waals surface area contributed by atoms with E-state index in [1.165, 1.54) is 5.57 Å². The minimum atomic E-state index is -0.202. The lowest BCUT2D eigenvalue weighted by atomic mass is 10.1. The highest BCUT2D eigenvalue weighted by atomic mass is 16.2. The molecule has 0 aromatic heterocycles. The lowest BCUT2D eigenvalue weighted by molar-refractivity contribution is 0.0802. The lowest BCUT2D eigenvalue weighted by Crippen LogP contribution is -2.30. The van der Waals surface area contributed by atoms with Gasteiger partial charge in [0, 0.05) is 38.6 Å². The maximum atomic E-state index is 12.7. The number of aldehydes is 1. The number of hydrogen-bond acceptors (Lipinski definition) is 4. The molecule has 0 unspecified atom stereocenters. The van der Waals surface area contributed by atoms with Crippen LogP contribution in [0.2, 0.25) is 0 Å². The predicted molar refractivity (Wildman–Crippen MR) is 108 cm³/mol. The van der Waals surface area contributed by atoms with E-state index < -0.39 is 0 Å². The topological polar surface area (TPSA) is 53.0 Å². The fourth-order valence-corrected chi connectivity index (χ4v) is 2.18. The van der Waals surface area contributed by atoms with Crippen LogP contribution >= 0.6 is 0 Å². The molecule has 0 aliphatic rings. The van der Waals surface area contributed by atoms with Crippen LogP contribution in [0.4, 0.5) is 0 Å². The van der Waals surface area contributed by atoms with Crippen molar-refractivity contribution >= 4 is 18.4 Å². The van der Waals surface area contributed by atoms with E-state index >= 15 is 0 Å². The SMILES string of the molecule is CC/C(C)=C/C=N/C(CN(C)C(=O)c1ccccc1C=O)=C(\C)N(C)C. The van der Waals surface area contributed by atoms with Gasteiger partial charge in [-0.15, -0.1) is 0 Å². The fourth-order valence-electron chi connectivity index (χ4n) is 2.18. The molecule has 0 saturated carbocycles. The summed E-state index contributed by atoms with van der Waals surface area (Å²) in [6.07, 6.45) is 5.43. The number of rotatable bonds is 8. The van der Waals surface area contributed by atoms with Crippen molar-refractivity contribution in [3.63, 3.8) is 0 Å². The van der Waals surface area contributed by atoms with E-state index in [2.05, 4.69) is 18.8 Å². The summed E-state index contributed by atoms with van der Waals surface area (Å²) in [5, 5.41) is 0. The van der Waals surface area contributed by atoms with Crippen LogP contribution in [-0.4, -0.2) is 55.9 Å². The van der Waals surface area contributed by atoms with Crippen molar-refractivity contribution in [2.75, 3.05) is 27.7 Å². The maximum Gasteiger partial charge on any atom is 0.254 e. The first-order valence-electron chi connectivity index (χ1n) is 8.68. The third-order valence-electron chi connectivity index (χ3n) is 4.29. The molecule has 1 rings (SSSR count). The van der Waals surface area contributed by atoms with Crippen LogP contribution in [0.1, 0.15) is 47.9 Å². The van der Waals surface area contributed by atoms with Crippen molar-refractivity contribution in [3.05, 3.63) is 58.4 Å². The molecule has 26 heavy (non-hydrogen) atoms. The number of carbonyl (C=O) groups is 2. The average Bonchev–Trinajstić information content (AvgIpc) is 2.65. The molecule has 1 aromatic carbocycles. The first-order valence-corrected chi connectivity index (χ1v) is 8.68. The number of carbonyl (C=O) groups excluding carboxylic acids is 2. The Morgan fingerprint density at radius 1 is 1.15 bits per heavy atom. The van der Waals surface area contributed by atoms with Crippen molar-refractivity contribution in [1.82, 2.24) is 9.80 Å². The van der Waals surface area contributed by atoms with Gasteiger partial charge in [0.1, 0.15) is 0 Å². The van der Waals surface area contributed by atoms with Gasteiger partial charge in [0.2, 0.25) is 0 Å². The highest BCUT2D eigenvalue weighted by Crippen LogP contribution is 2.14. The van der Waals surface area contributed by atoms with Crippen molar-refractivity contribution in [2.24, 2.45) is 4.99 Å². The Kier molecular flexibility index (Phi) is 8.49. The second-order valence-electron chi connectivity index (χ2n) is 6.44. The number of hydrogen-bond donors (Lipinski definition) is 0. The normalized spacial score (nSPS) is 12.8. The monoisotopic (exact) mass is 355 g/mol. The molecular formula is C21H29N3O2. The van der Waals surface area contributed by atoms with Gasteiger partial charge >= 0.3 is 0 Å². The number of allylic oxidation sites excluding steroid dienone is 3. The maximum absolute atomic E-state index is 12.7. The molecule has 0 N–H and O–H groups in total. The Balaban J connectivity index is 3.09. The number of likely N-dealkylation sites (N-methyl/N-ethyl adjacent to an activating group) is 1. The first kappa shape index (κ1) is 21.4. The molecule has 1 aromatic rings. The Hall–Kier alpha value is -2.69. The van der Waals surface area contributed by atoms with Gasteiger partial charge in [-0.2, -0.15) is 0 Å². The molecule has 1 amide bonds. The van der Waals surface area contributed by atoms with E-state index in [1.54, 1.807) is 42.4 Å². The van der Waals surface area contributed by atoms with Gasteiger partial charge in [-0.3, -0.25) is 14.6 Å². The van der Waals surface area contributed by atoms with Crippen LogP contribution < -0.4 is 0 Å². The zero-order valence-corrected chi connectivity index (χ0v) is 16.6. The highest BCUT2D eigenvalue weighted by Gasteiger charge is 2.17. The van der Waals surface area contributed by atoms with Crippen LogP contribution in [-0.2, 0) is 0 Å². The van der Waals surface area contributed by atoms with E-state index in [-0.39, 0.29) is 5.91 Å². The molecule has 5 nitrogen and oxygen atoms in total. The third-order valence-corrected chi connectivity index (χ3v) is 4.29. The summed E-state index contributed by atoms with van der Waals surface area (Å²) in [6, 6.07) is 6.81. The van der Waals surface area contributed by atoms with Crippen LogP contribution in [0.5, 0.6) is 0 Å².